The molecule has 0 aliphatic heterocycles. The Bertz CT molecular complexity index is 571. The molecule has 0 aliphatic rings. The summed E-state index contributed by atoms with van der Waals surface area (Å²) in [5.41, 5.74) is 2.89. The Kier molecular flexibility index (Phi) is 5.28. The largest absolute Gasteiger partial charge is 0.450 e. The Labute approximate surface area is 118 Å². The molecule has 1 aromatic rings. The fourth-order valence-corrected chi connectivity index (χ4v) is 1.80. The number of hydrogen-bond donors (Lipinski definition) is 1. The van der Waals surface area contributed by atoms with Crippen LogP contribution < -0.4 is 5.32 Å². The third kappa shape index (κ3) is 4.66. The molecule has 3 nitrogen and oxygen atoms in total. The highest BCUT2D eigenvalue weighted by atomic mass is 28.3. The summed E-state index contributed by atoms with van der Waals surface area (Å²) in [7, 11) is -1.75. The van der Waals surface area contributed by atoms with Crippen molar-refractivity contribution in [2.45, 2.75) is 26.6 Å². The first-order valence-corrected chi connectivity index (χ1v) is 9.69. The Hall–Kier alpha value is -1.87. The predicted molar refractivity (Wildman–Crippen MR) is 77.2 cm³/mol. The Morgan fingerprint density at radius 2 is 2.00 bits per heavy atom. The van der Waals surface area contributed by atoms with Gasteiger partial charge in [0.25, 0.3) is 0 Å². The molecule has 0 aliphatic carbocycles. The van der Waals surface area contributed by atoms with Crippen LogP contribution >= 0.6 is 0 Å². The average molecular weight is 297 g/mol. The van der Waals surface area contributed by atoms with E-state index in [0.29, 0.717) is 0 Å². The SMILES string of the molecule is CCOC(=O)Nc1ccc(F)c(F)c1C#C[Si](C)(C)C. The molecular formula is C14H17F2NO2Si. The van der Waals surface area contributed by atoms with Crippen molar-refractivity contribution >= 4 is 19.9 Å². The normalized spacial score (nSPS) is 10.5. The lowest BCUT2D eigenvalue weighted by atomic mass is 10.1. The number of ether oxygens (including phenoxy) is 1. The molecule has 20 heavy (non-hydrogen) atoms. The zero-order chi connectivity index (χ0) is 15.3. The fraction of sp³-hybridized carbons (Fsp3) is 0.357. The van der Waals surface area contributed by atoms with Gasteiger partial charge in [0.05, 0.1) is 17.9 Å². The summed E-state index contributed by atoms with van der Waals surface area (Å²) in [6.07, 6.45) is -0.727. The Morgan fingerprint density at radius 3 is 2.55 bits per heavy atom. The van der Waals surface area contributed by atoms with E-state index in [0.717, 1.165) is 6.07 Å². The van der Waals surface area contributed by atoms with E-state index in [1.807, 2.05) is 19.6 Å². The second-order valence-corrected chi connectivity index (χ2v) is 9.88. The zero-order valence-electron chi connectivity index (χ0n) is 11.9. The highest BCUT2D eigenvalue weighted by Crippen LogP contribution is 2.21. The number of anilines is 1. The molecule has 0 saturated carbocycles. The third-order valence-electron chi connectivity index (χ3n) is 2.17. The van der Waals surface area contributed by atoms with Crippen molar-refractivity contribution in [2.75, 3.05) is 11.9 Å². The first-order valence-electron chi connectivity index (χ1n) is 6.19. The van der Waals surface area contributed by atoms with Gasteiger partial charge in [-0.1, -0.05) is 25.6 Å². The van der Waals surface area contributed by atoms with Crippen LogP contribution in [-0.4, -0.2) is 20.8 Å². The zero-order valence-corrected chi connectivity index (χ0v) is 12.9. The highest BCUT2D eigenvalue weighted by Gasteiger charge is 2.15. The van der Waals surface area contributed by atoms with Gasteiger partial charge in [-0.3, -0.25) is 5.32 Å². The monoisotopic (exact) mass is 297 g/mol. The van der Waals surface area contributed by atoms with E-state index < -0.39 is 25.8 Å². The number of nitrogens with one attached hydrogen (secondary N) is 1. The molecule has 1 aromatic carbocycles. The van der Waals surface area contributed by atoms with Crippen molar-refractivity contribution in [2.24, 2.45) is 0 Å². The lowest BCUT2D eigenvalue weighted by molar-refractivity contribution is 0.168. The highest BCUT2D eigenvalue weighted by molar-refractivity contribution is 6.83. The minimum atomic E-state index is -1.75. The fourth-order valence-electron chi connectivity index (χ4n) is 1.30. The van der Waals surface area contributed by atoms with Crippen LogP contribution in [0.4, 0.5) is 19.3 Å². The van der Waals surface area contributed by atoms with Gasteiger partial charge >= 0.3 is 6.09 Å². The summed E-state index contributed by atoms with van der Waals surface area (Å²) >= 11 is 0. The van der Waals surface area contributed by atoms with Crippen LogP contribution in [0.15, 0.2) is 12.1 Å². The smallest absolute Gasteiger partial charge is 0.411 e. The van der Waals surface area contributed by atoms with E-state index in [-0.39, 0.29) is 17.9 Å². The summed E-state index contributed by atoms with van der Waals surface area (Å²) in [6, 6.07) is 2.21. The molecule has 1 rings (SSSR count). The summed E-state index contributed by atoms with van der Waals surface area (Å²) < 4.78 is 31.8. The van der Waals surface area contributed by atoms with Crippen LogP contribution in [0.2, 0.25) is 19.6 Å². The number of benzene rings is 1. The van der Waals surface area contributed by atoms with Gasteiger partial charge in [-0.05, 0) is 19.1 Å². The second-order valence-electron chi connectivity index (χ2n) is 5.13. The summed E-state index contributed by atoms with van der Waals surface area (Å²) in [4.78, 5) is 11.4. The maximum atomic E-state index is 13.8. The van der Waals surface area contributed by atoms with Crippen molar-refractivity contribution in [3.05, 3.63) is 29.3 Å². The molecular weight excluding hydrogens is 280 g/mol. The first-order chi connectivity index (χ1) is 9.24. The number of halogens is 2. The predicted octanol–water partition coefficient (Wildman–Crippen LogP) is 3.76. The number of hydrogen-bond acceptors (Lipinski definition) is 2. The van der Waals surface area contributed by atoms with Crippen LogP contribution in [0, 0.1) is 23.1 Å². The van der Waals surface area contributed by atoms with Crippen LogP contribution in [0.1, 0.15) is 12.5 Å². The van der Waals surface area contributed by atoms with E-state index in [9.17, 15) is 13.6 Å². The number of carbonyl (C=O) groups excluding carboxylic acids is 1. The molecule has 1 N–H and O–H groups in total. The molecule has 1 amide bonds. The summed E-state index contributed by atoms with van der Waals surface area (Å²) in [5.74, 6) is 0.571. The molecule has 0 bridgehead atoms. The van der Waals surface area contributed by atoms with Gasteiger partial charge in [-0.15, -0.1) is 5.54 Å². The molecule has 0 saturated heterocycles. The van der Waals surface area contributed by atoms with E-state index >= 15 is 0 Å². The number of rotatable bonds is 2. The second kappa shape index (κ2) is 6.53. The van der Waals surface area contributed by atoms with Crippen LogP contribution in [0.25, 0.3) is 0 Å². The van der Waals surface area contributed by atoms with Crippen molar-refractivity contribution < 1.29 is 18.3 Å². The van der Waals surface area contributed by atoms with Gasteiger partial charge < -0.3 is 4.74 Å². The average Bonchev–Trinajstić information content (AvgIpc) is 2.32. The van der Waals surface area contributed by atoms with E-state index in [2.05, 4.69) is 16.8 Å². The van der Waals surface area contributed by atoms with Gasteiger partial charge in [0, 0.05) is 0 Å². The minimum absolute atomic E-state index is 0.105. The molecule has 6 heteroatoms. The van der Waals surface area contributed by atoms with Gasteiger partial charge in [-0.2, -0.15) is 0 Å². The third-order valence-corrected chi connectivity index (χ3v) is 3.04. The summed E-state index contributed by atoms with van der Waals surface area (Å²) in [6.45, 7) is 7.78. The maximum absolute atomic E-state index is 13.8. The molecule has 0 fully saturated rings. The molecule has 108 valence electrons. The van der Waals surface area contributed by atoms with Crippen LogP contribution in [0.5, 0.6) is 0 Å². The van der Waals surface area contributed by atoms with Crippen LogP contribution in [-0.2, 0) is 4.74 Å². The van der Waals surface area contributed by atoms with Gasteiger partial charge in [0.15, 0.2) is 11.6 Å². The van der Waals surface area contributed by atoms with Gasteiger partial charge in [-0.25, -0.2) is 13.6 Å². The van der Waals surface area contributed by atoms with Gasteiger partial charge in [0.1, 0.15) is 8.07 Å². The van der Waals surface area contributed by atoms with E-state index in [4.69, 9.17) is 4.74 Å². The van der Waals surface area contributed by atoms with E-state index in [1.54, 1.807) is 6.92 Å². The molecule has 0 atom stereocenters. The topological polar surface area (TPSA) is 38.3 Å². The Balaban J connectivity index is 3.20. The quantitative estimate of drug-likeness (QED) is 0.666. The minimum Gasteiger partial charge on any atom is -0.450 e. The Morgan fingerprint density at radius 1 is 1.35 bits per heavy atom. The summed E-state index contributed by atoms with van der Waals surface area (Å²) in [5, 5.41) is 2.36. The first kappa shape index (κ1) is 16.2. The molecule has 0 radical (unpaired) electrons. The van der Waals surface area contributed by atoms with Crippen LogP contribution in [0.3, 0.4) is 0 Å². The lowest BCUT2D eigenvalue weighted by Crippen LogP contribution is -2.17. The molecule has 0 aromatic heterocycles. The van der Waals surface area contributed by atoms with Crippen molar-refractivity contribution in [3.8, 4) is 11.5 Å². The standard InChI is InChI=1S/C14H17F2NO2Si/c1-5-19-14(18)17-12-7-6-11(15)13(16)10(12)8-9-20(2,3)4/h6-7H,5H2,1-4H3,(H,17,18). The molecule has 0 spiro atoms. The van der Waals surface area contributed by atoms with Crippen molar-refractivity contribution in [3.63, 3.8) is 0 Å². The number of amides is 1. The van der Waals surface area contributed by atoms with Gasteiger partial charge in [0.2, 0.25) is 0 Å². The van der Waals surface area contributed by atoms with Crippen molar-refractivity contribution in [1.29, 1.82) is 0 Å². The van der Waals surface area contributed by atoms with E-state index in [1.165, 1.54) is 6.07 Å². The maximum Gasteiger partial charge on any atom is 0.411 e. The molecule has 0 unspecified atom stereocenters. The van der Waals surface area contributed by atoms with Crippen molar-refractivity contribution in [1.82, 2.24) is 0 Å². The number of carbonyl (C=O) groups is 1. The lowest BCUT2D eigenvalue weighted by Gasteiger charge is -2.09. The molecule has 0 heterocycles.